The van der Waals surface area contributed by atoms with Gasteiger partial charge in [-0.1, -0.05) is 30.9 Å². The van der Waals surface area contributed by atoms with Gasteiger partial charge in [0.05, 0.1) is 6.54 Å². The summed E-state index contributed by atoms with van der Waals surface area (Å²) in [6.45, 7) is 1.67. The Kier molecular flexibility index (Phi) is 5.16. The molecular formula is C17H22ClN3O2. The molecule has 2 heterocycles. The van der Waals surface area contributed by atoms with Crippen molar-refractivity contribution in [1.82, 2.24) is 15.2 Å². The van der Waals surface area contributed by atoms with Gasteiger partial charge in [0, 0.05) is 24.3 Å². The molecule has 1 saturated heterocycles. The molecule has 1 aliphatic heterocycles. The van der Waals surface area contributed by atoms with E-state index in [9.17, 15) is 9.59 Å². The Morgan fingerprint density at radius 1 is 1.26 bits per heavy atom. The van der Waals surface area contributed by atoms with Crippen LogP contribution in [0.5, 0.6) is 0 Å². The van der Waals surface area contributed by atoms with Crippen molar-refractivity contribution in [2.45, 2.75) is 32.1 Å². The molecule has 0 bridgehead atoms. The number of hydrogen-bond donors (Lipinski definition) is 1. The predicted molar refractivity (Wildman–Crippen MR) is 88.2 cm³/mol. The van der Waals surface area contributed by atoms with Gasteiger partial charge in [-0.3, -0.25) is 14.6 Å². The highest BCUT2D eigenvalue weighted by atomic mass is 35.5. The number of amides is 2. The minimum atomic E-state index is -0.367. The lowest BCUT2D eigenvalue weighted by atomic mass is 9.75. The molecule has 23 heavy (non-hydrogen) atoms. The van der Waals surface area contributed by atoms with E-state index < -0.39 is 0 Å². The molecule has 2 amide bonds. The second kappa shape index (κ2) is 7.30. The molecule has 1 aromatic heterocycles. The third kappa shape index (κ3) is 4.02. The van der Waals surface area contributed by atoms with Crippen molar-refractivity contribution < 1.29 is 9.59 Å². The van der Waals surface area contributed by atoms with E-state index in [0.717, 1.165) is 25.4 Å². The molecule has 1 saturated carbocycles. The molecule has 2 fully saturated rings. The molecule has 6 heteroatoms. The summed E-state index contributed by atoms with van der Waals surface area (Å²) in [5.74, 6) is 1.06. The van der Waals surface area contributed by atoms with E-state index in [4.69, 9.17) is 11.6 Å². The van der Waals surface area contributed by atoms with E-state index in [1.165, 1.54) is 37.9 Å². The zero-order chi connectivity index (χ0) is 16.2. The van der Waals surface area contributed by atoms with Crippen molar-refractivity contribution in [2.75, 3.05) is 19.6 Å². The molecule has 1 aliphatic carbocycles. The number of pyridine rings is 1. The summed E-state index contributed by atoms with van der Waals surface area (Å²) < 4.78 is 0. The van der Waals surface area contributed by atoms with E-state index >= 15 is 0 Å². The minimum Gasteiger partial charge on any atom is -0.342 e. The summed E-state index contributed by atoms with van der Waals surface area (Å²) >= 11 is 5.84. The van der Waals surface area contributed by atoms with Gasteiger partial charge in [-0.2, -0.15) is 0 Å². The fraction of sp³-hybridized carbons (Fsp3) is 0.588. The molecule has 1 N–H and O–H groups in total. The number of nitrogens with one attached hydrogen (secondary N) is 1. The maximum Gasteiger partial charge on any atom is 0.270 e. The number of rotatable bonds is 3. The highest BCUT2D eigenvalue weighted by molar-refractivity contribution is 6.30. The van der Waals surface area contributed by atoms with Crippen LogP contribution in [0.4, 0.5) is 0 Å². The van der Waals surface area contributed by atoms with Crippen molar-refractivity contribution in [3.63, 3.8) is 0 Å². The average molecular weight is 336 g/mol. The minimum absolute atomic E-state index is 0.00981. The molecule has 2 atom stereocenters. The number of fused-ring (bicyclic) bond motifs is 1. The van der Waals surface area contributed by atoms with E-state index in [2.05, 4.69) is 10.3 Å². The summed E-state index contributed by atoms with van der Waals surface area (Å²) in [5, 5.41) is 3.10. The standard InChI is InChI=1S/C17H22ClN3O2/c18-14-5-7-19-15(9-14)17(23)20-10-16(22)21-8-6-12-3-1-2-4-13(12)11-21/h5,7,9,12-13H,1-4,6,8,10-11H2,(H,20,23)/t12-,13-/m1/s1. The van der Waals surface area contributed by atoms with Crippen LogP contribution in [0.2, 0.25) is 5.02 Å². The fourth-order valence-corrected chi connectivity index (χ4v) is 3.87. The normalized spacial score (nSPS) is 24.0. The van der Waals surface area contributed by atoms with Crippen molar-refractivity contribution >= 4 is 23.4 Å². The summed E-state index contributed by atoms with van der Waals surface area (Å²) in [5.41, 5.74) is 0.233. The Morgan fingerprint density at radius 3 is 2.83 bits per heavy atom. The summed E-state index contributed by atoms with van der Waals surface area (Å²) in [6, 6.07) is 3.10. The van der Waals surface area contributed by atoms with Crippen molar-refractivity contribution in [2.24, 2.45) is 11.8 Å². The van der Waals surface area contributed by atoms with E-state index in [1.807, 2.05) is 4.90 Å². The number of aromatic nitrogens is 1. The molecule has 3 rings (SSSR count). The highest BCUT2D eigenvalue weighted by Gasteiger charge is 2.32. The van der Waals surface area contributed by atoms with Crippen LogP contribution in [0.25, 0.3) is 0 Å². The zero-order valence-electron chi connectivity index (χ0n) is 13.1. The molecule has 5 nitrogen and oxygen atoms in total. The molecule has 1 aromatic rings. The van der Waals surface area contributed by atoms with Gasteiger partial charge in [0.1, 0.15) is 5.69 Å². The third-order valence-electron chi connectivity index (χ3n) is 5.00. The molecule has 0 spiro atoms. The number of hydrogen-bond acceptors (Lipinski definition) is 3. The SMILES string of the molecule is O=C(NCC(=O)N1CC[C@H]2CCCC[C@@H]2C1)c1cc(Cl)ccn1. The summed E-state index contributed by atoms with van der Waals surface area (Å²) in [4.78, 5) is 30.2. The Balaban J connectivity index is 1.50. The molecule has 0 radical (unpaired) electrons. The number of carbonyl (C=O) groups excluding carboxylic acids is 2. The van der Waals surface area contributed by atoms with Crippen molar-refractivity contribution in [3.8, 4) is 0 Å². The maximum atomic E-state index is 12.3. The number of carbonyl (C=O) groups is 2. The lowest BCUT2D eigenvalue weighted by Gasteiger charge is -2.41. The van der Waals surface area contributed by atoms with Crippen LogP contribution in [0.15, 0.2) is 18.3 Å². The first-order chi connectivity index (χ1) is 11.1. The van der Waals surface area contributed by atoms with Crippen LogP contribution < -0.4 is 5.32 Å². The van der Waals surface area contributed by atoms with Gasteiger partial charge in [-0.05, 0) is 36.8 Å². The molecule has 2 aliphatic rings. The van der Waals surface area contributed by atoms with Gasteiger partial charge in [0.15, 0.2) is 0 Å². The smallest absolute Gasteiger partial charge is 0.270 e. The van der Waals surface area contributed by atoms with Crippen LogP contribution in [0, 0.1) is 11.8 Å². The van der Waals surface area contributed by atoms with Gasteiger partial charge in [-0.15, -0.1) is 0 Å². The van der Waals surface area contributed by atoms with Gasteiger partial charge in [0.2, 0.25) is 5.91 Å². The quantitative estimate of drug-likeness (QED) is 0.923. The fourth-order valence-electron chi connectivity index (χ4n) is 3.71. The Morgan fingerprint density at radius 2 is 2.04 bits per heavy atom. The van der Waals surface area contributed by atoms with Crippen LogP contribution >= 0.6 is 11.6 Å². The maximum absolute atomic E-state index is 12.3. The van der Waals surface area contributed by atoms with E-state index in [0.29, 0.717) is 10.9 Å². The first kappa shape index (κ1) is 16.2. The molecule has 0 unspecified atom stereocenters. The van der Waals surface area contributed by atoms with Crippen molar-refractivity contribution in [1.29, 1.82) is 0 Å². The highest BCUT2D eigenvalue weighted by Crippen LogP contribution is 2.35. The topological polar surface area (TPSA) is 62.3 Å². The molecule has 124 valence electrons. The van der Waals surface area contributed by atoms with E-state index in [1.54, 1.807) is 6.07 Å². The number of nitrogens with zero attached hydrogens (tertiary/aromatic N) is 2. The monoisotopic (exact) mass is 335 g/mol. The Hall–Kier alpha value is -1.62. The Bertz CT molecular complexity index is 593. The van der Waals surface area contributed by atoms with Crippen LogP contribution in [-0.4, -0.2) is 41.3 Å². The van der Waals surface area contributed by atoms with Gasteiger partial charge >= 0.3 is 0 Å². The first-order valence-corrected chi connectivity index (χ1v) is 8.69. The zero-order valence-corrected chi connectivity index (χ0v) is 13.9. The van der Waals surface area contributed by atoms with Gasteiger partial charge in [-0.25, -0.2) is 0 Å². The lowest BCUT2D eigenvalue weighted by molar-refractivity contribution is -0.133. The second-order valence-electron chi connectivity index (χ2n) is 6.48. The third-order valence-corrected chi connectivity index (χ3v) is 5.23. The summed E-state index contributed by atoms with van der Waals surface area (Å²) in [7, 11) is 0. The average Bonchev–Trinajstić information content (AvgIpc) is 2.59. The number of piperidine rings is 1. The van der Waals surface area contributed by atoms with E-state index in [-0.39, 0.29) is 24.1 Å². The molecular weight excluding hydrogens is 314 g/mol. The first-order valence-electron chi connectivity index (χ1n) is 8.31. The van der Waals surface area contributed by atoms with Gasteiger partial charge in [0.25, 0.3) is 5.91 Å². The van der Waals surface area contributed by atoms with Crippen LogP contribution in [0.1, 0.15) is 42.6 Å². The van der Waals surface area contributed by atoms with Crippen molar-refractivity contribution in [3.05, 3.63) is 29.0 Å². The van der Waals surface area contributed by atoms with Crippen LogP contribution in [0.3, 0.4) is 0 Å². The lowest BCUT2D eigenvalue weighted by Crippen LogP contribution is -2.48. The summed E-state index contributed by atoms with van der Waals surface area (Å²) in [6.07, 6.45) is 7.72. The largest absolute Gasteiger partial charge is 0.342 e. The number of likely N-dealkylation sites (tertiary alicyclic amines) is 1. The van der Waals surface area contributed by atoms with Crippen LogP contribution in [-0.2, 0) is 4.79 Å². The van der Waals surface area contributed by atoms with Gasteiger partial charge < -0.3 is 10.2 Å². The number of halogens is 1. The molecule has 0 aromatic carbocycles. The predicted octanol–water partition coefficient (Wildman–Crippen LogP) is 2.50. The second-order valence-corrected chi connectivity index (χ2v) is 6.91. The Labute approximate surface area is 141 Å².